The molecule has 0 spiro atoms. The van der Waals surface area contributed by atoms with Gasteiger partial charge in [0.2, 0.25) is 0 Å². The number of hydrogen-bond donors (Lipinski definition) is 1. The number of ketones is 9. The van der Waals surface area contributed by atoms with E-state index < -0.39 is 0 Å². The van der Waals surface area contributed by atoms with Gasteiger partial charge in [-0.2, -0.15) is 0 Å². The lowest BCUT2D eigenvalue weighted by Gasteiger charge is -2.09. The van der Waals surface area contributed by atoms with E-state index in [2.05, 4.69) is 159 Å². The molecule has 0 bridgehead atoms. The highest BCUT2D eigenvalue weighted by Crippen LogP contribution is 2.47. The number of aromatic hydroxyl groups is 1. The number of hydrogen-bond acceptors (Lipinski definition) is 19. The van der Waals surface area contributed by atoms with Crippen LogP contribution in [0.3, 0.4) is 0 Å². The van der Waals surface area contributed by atoms with Crippen molar-refractivity contribution < 1.29 is 53.0 Å². The maximum absolute atomic E-state index is 11.5. The average molecular weight is 1910 g/mol. The number of methoxy groups -OCH3 is 1. The number of carbonyl (C=O) groups excluding carboxylic acids is 9. The molecule has 8 heterocycles. The van der Waals surface area contributed by atoms with Crippen LogP contribution in [-0.2, 0) is 12.8 Å². The summed E-state index contributed by atoms with van der Waals surface area (Å²) < 4.78 is 5.37. The minimum absolute atomic E-state index is 0.0402. The summed E-state index contributed by atoms with van der Waals surface area (Å²) in [6, 6.07) is 83.9. The molecule has 0 radical (unpaired) electrons. The molecule has 11 nitrogen and oxygen atoms in total. The van der Waals surface area contributed by atoms with E-state index >= 15 is 0 Å². The van der Waals surface area contributed by atoms with E-state index in [1.54, 1.807) is 144 Å². The summed E-state index contributed by atoms with van der Waals surface area (Å²) in [5, 5.41) is 9.81. The average Bonchev–Trinajstić information content (AvgIpc) is 1.64. The van der Waals surface area contributed by atoms with Crippen LogP contribution >= 0.6 is 90.7 Å². The van der Waals surface area contributed by atoms with E-state index in [0.717, 1.165) is 106 Å². The first-order chi connectivity index (χ1) is 63.4. The van der Waals surface area contributed by atoms with Crippen molar-refractivity contribution in [1.82, 2.24) is 0 Å². The van der Waals surface area contributed by atoms with Crippen molar-refractivity contribution in [1.29, 1.82) is 0 Å². The minimum Gasteiger partial charge on any atom is -0.507 e. The number of phenols is 1. The van der Waals surface area contributed by atoms with Crippen molar-refractivity contribution in [3.63, 3.8) is 0 Å². The Bertz CT molecular complexity index is 6680. The number of ether oxygens (including phenoxy) is 1. The number of thiophene rings is 8. The van der Waals surface area contributed by atoms with Gasteiger partial charge in [0.05, 0.1) is 46.1 Å². The maximum Gasteiger partial charge on any atom is 0.169 e. The molecule has 682 valence electrons. The number of aryl methyl sites for hydroxylation is 10. The molecule has 1 aliphatic carbocycles. The first kappa shape index (κ1) is 103. The highest BCUT2D eigenvalue weighted by atomic mass is 32.1. The van der Waals surface area contributed by atoms with E-state index in [0.29, 0.717) is 5.56 Å². The molecule has 16 aromatic rings. The summed E-state index contributed by atoms with van der Waals surface area (Å²) in [6.07, 6.45) is 4.56. The van der Waals surface area contributed by atoms with Gasteiger partial charge in [0.15, 0.2) is 52.0 Å². The molecule has 17 rings (SSSR count). The zero-order valence-corrected chi connectivity index (χ0v) is 85.5. The lowest BCUT2D eigenvalue weighted by atomic mass is 9.99. The molecule has 0 atom stereocenters. The van der Waals surface area contributed by atoms with Crippen molar-refractivity contribution in [2.75, 3.05) is 7.11 Å². The maximum atomic E-state index is 11.5. The summed E-state index contributed by atoms with van der Waals surface area (Å²) in [5.41, 5.74) is 23.9. The highest BCUT2D eigenvalue weighted by molar-refractivity contribution is 7.20. The first-order valence-electron chi connectivity index (χ1n) is 43.7. The Morgan fingerprint density at radius 1 is 0.301 bits per heavy atom. The van der Waals surface area contributed by atoms with Gasteiger partial charge in [0.25, 0.3) is 0 Å². The van der Waals surface area contributed by atoms with Crippen molar-refractivity contribution in [3.05, 3.63) is 371 Å². The Kier molecular flexibility index (Phi) is 37.7. The molecule has 19 heteroatoms. The van der Waals surface area contributed by atoms with E-state index in [-0.39, 0.29) is 57.8 Å². The Hall–Kier alpha value is -12.0. The van der Waals surface area contributed by atoms with Crippen LogP contribution in [0.4, 0.5) is 0 Å². The van der Waals surface area contributed by atoms with Gasteiger partial charge in [-0.05, 0) is 342 Å². The second-order valence-corrected chi connectivity index (χ2v) is 41.3. The molecule has 8 aromatic heterocycles. The Labute approximate surface area is 814 Å². The molecular formula is C114H112O11S8. The van der Waals surface area contributed by atoms with E-state index in [9.17, 15) is 48.3 Å². The number of Topliss-reactive ketones (excluding diaryl/α,β-unsaturated/α-hetero) is 9. The zero-order valence-electron chi connectivity index (χ0n) is 79.0. The van der Waals surface area contributed by atoms with Gasteiger partial charge < -0.3 is 9.84 Å². The third kappa shape index (κ3) is 28.1. The molecular weight excluding hydrogens is 1800 g/mol. The monoisotopic (exact) mass is 1910 g/mol. The lowest BCUT2D eigenvalue weighted by Crippen LogP contribution is -1.94. The fourth-order valence-electron chi connectivity index (χ4n) is 15.0. The molecule has 1 fully saturated rings. The summed E-state index contributed by atoms with van der Waals surface area (Å²) in [4.78, 5) is 117. The van der Waals surface area contributed by atoms with Crippen LogP contribution < -0.4 is 4.74 Å². The van der Waals surface area contributed by atoms with Crippen LogP contribution in [0.15, 0.2) is 255 Å². The number of carbonyl (C=O) groups is 9. The van der Waals surface area contributed by atoms with Crippen molar-refractivity contribution >= 4 is 143 Å². The van der Waals surface area contributed by atoms with Crippen LogP contribution in [-0.4, -0.2) is 64.3 Å². The molecule has 1 aliphatic rings. The summed E-state index contributed by atoms with van der Waals surface area (Å²) in [5.74, 6) is 2.86. The number of phenolic OH excluding ortho intramolecular Hbond substituents is 1. The van der Waals surface area contributed by atoms with Gasteiger partial charge in [-0.15, -0.1) is 90.7 Å². The molecule has 1 N–H and O–H groups in total. The van der Waals surface area contributed by atoms with Gasteiger partial charge in [-0.3, -0.25) is 43.2 Å². The highest BCUT2D eigenvalue weighted by Gasteiger charge is 2.27. The first-order valence-corrected chi connectivity index (χ1v) is 50.2. The largest absolute Gasteiger partial charge is 0.507 e. The van der Waals surface area contributed by atoms with Crippen molar-refractivity contribution in [2.24, 2.45) is 0 Å². The Morgan fingerprint density at radius 3 is 1.02 bits per heavy atom. The fourth-order valence-corrected chi connectivity index (χ4v) is 23.0. The standard InChI is InChI=1S/C15H14OS.2C15H16OS.C14H14O2S.C14H12O2S.2C14H14OS.C13H12O2S/c1-10(16)14-8-9-15(17-14)13-5-3-2-4-12(13)11-6-7-11;1-9-7-10(2)15(11(3)8-9)14-6-5-13(17-14)12(4)16;1-10-5-4-6-11(2)14(10)9-13-7-8-15(17-13)12(3)16;1-9-5-4-6-11(16-3)14(9)13-8-7-12(17-13)10(2)15;1-9(15)11-5-3-4-6-12(11)14-8-7-13(17-14)10(2)16;1-9-5-4-6-10(2)14(9)13-8-7-12(16-13)11(3)15;1-3-11-6-4-5-7-12(11)14-9-8-13(16-14)10(2)15;1-8-4-3-5-10(15)13(8)12-7-6-11(16-12)9(2)14/h2-5,8-9,11H,6-7H2,1H3;5-8H,1-4H3;4-8H,9H2,1-3H3;4-8H,1-3H3;3-8H,1-2H3;4-8H,1-3H3;4-9H,3H2,1-2H3;3-7,15H,1-2H3. The van der Waals surface area contributed by atoms with Crippen molar-refractivity contribution in [2.45, 2.75) is 163 Å². The van der Waals surface area contributed by atoms with E-state index in [1.807, 2.05) is 147 Å². The van der Waals surface area contributed by atoms with Gasteiger partial charge >= 0.3 is 0 Å². The van der Waals surface area contributed by atoms with Crippen LogP contribution in [0.2, 0.25) is 0 Å². The second-order valence-electron chi connectivity index (χ2n) is 32.5. The molecule has 8 aromatic carbocycles. The molecule has 0 aliphatic heterocycles. The van der Waals surface area contributed by atoms with Crippen LogP contribution in [0.1, 0.15) is 247 Å². The predicted octanol–water partition coefficient (Wildman–Crippen LogP) is 33.0. The molecule has 133 heavy (non-hydrogen) atoms. The van der Waals surface area contributed by atoms with Gasteiger partial charge in [0, 0.05) is 67.7 Å². The van der Waals surface area contributed by atoms with Gasteiger partial charge in [-0.25, -0.2) is 0 Å². The predicted molar refractivity (Wildman–Crippen MR) is 564 cm³/mol. The number of benzene rings is 8. The van der Waals surface area contributed by atoms with Crippen LogP contribution in [0.5, 0.6) is 11.5 Å². The molecule has 0 saturated heterocycles. The molecule has 0 amide bonds. The van der Waals surface area contributed by atoms with Gasteiger partial charge in [-0.1, -0.05) is 158 Å². The summed E-state index contributed by atoms with van der Waals surface area (Å²) in [7, 11) is 1.66. The summed E-state index contributed by atoms with van der Waals surface area (Å²) in [6.45, 7) is 35.3. The number of rotatable bonds is 21. The second kappa shape index (κ2) is 48.6. The van der Waals surface area contributed by atoms with E-state index in [1.165, 1.54) is 149 Å². The fraction of sp³-hybridized carbons (Fsp3) is 0.219. The van der Waals surface area contributed by atoms with Crippen LogP contribution in [0.25, 0.3) is 73.1 Å². The third-order valence-corrected chi connectivity index (χ3v) is 31.7. The van der Waals surface area contributed by atoms with Crippen molar-refractivity contribution in [3.8, 4) is 84.6 Å². The minimum atomic E-state index is 0.0402. The molecule has 0 unspecified atom stereocenters. The zero-order chi connectivity index (χ0) is 96.6. The van der Waals surface area contributed by atoms with Crippen LogP contribution in [0, 0.1) is 62.3 Å². The third-order valence-electron chi connectivity index (χ3n) is 22.0. The quantitative estimate of drug-likeness (QED) is 0.0676. The Balaban J connectivity index is 0.000000158. The normalized spacial score (nSPS) is 11.0. The summed E-state index contributed by atoms with van der Waals surface area (Å²) >= 11 is 12.3. The SMILES string of the molecule is CC(=O)c1ccc(-c2c(C)cc(C)cc2C)s1.CC(=O)c1ccc(-c2c(C)cccc2C)s1.CC(=O)c1ccc(-c2c(C)cccc2O)s1.CC(=O)c1ccc(-c2ccccc2C(C)=O)s1.CC(=O)c1ccc(-c2ccccc2C2CC2)s1.CC(=O)c1ccc(Cc2c(C)cccc2C)s1.CCc1ccccc1-c1ccc(C(C)=O)s1.COc1cccc(C)c1-c1ccc(C(C)=O)s1. The topological polar surface area (TPSA) is 183 Å². The lowest BCUT2D eigenvalue weighted by molar-refractivity contribution is 0.101. The van der Waals surface area contributed by atoms with Gasteiger partial charge in [0.1, 0.15) is 11.5 Å². The van der Waals surface area contributed by atoms with E-state index in [4.69, 9.17) is 4.74 Å². The molecule has 1 saturated carbocycles. The smallest absolute Gasteiger partial charge is 0.169 e. The Morgan fingerprint density at radius 2 is 0.617 bits per heavy atom.